The average molecular weight is 540 g/mol. The average Bonchev–Trinajstić information content (AvgIpc) is 3.11. The Bertz CT molecular complexity index is 1310. The molecule has 3 rings (SSSR count). The summed E-state index contributed by atoms with van der Waals surface area (Å²) in [6.07, 6.45) is 0. The highest BCUT2D eigenvalue weighted by atomic mass is 35.5. The summed E-state index contributed by atoms with van der Waals surface area (Å²) in [7, 11) is 0. The molecule has 7 nitrogen and oxygen atoms in total. The van der Waals surface area contributed by atoms with E-state index in [-0.39, 0.29) is 38.9 Å². The fourth-order valence-corrected chi connectivity index (χ4v) is 3.79. The Morgan fingerprint density at radius 1 is 0.941 bits per heavy atom. The molecule has 0 aliphatic heterocycles. The number of halogens is 4. The second kappa shape index (κ2) is 10.5. The molecule has 0 saturated carbocycles. The van der Waals surface area contributed by atoms with Gasteiger partial charge in [0, 0.05) is 27.9 Å². The number of carbonyl (C=O) groups excluding carboxylic acids is 2. The maximum absolute atomic E-state index is 12.2. The monoisotopic (exact) mass is 538 g/mol. The zero-order valence-corrected chi connectivity index (χ0v) is 21.0. The van der Waals surface area contributed by atoms with Gasteiger partial charge in [0.15, 0.2) is 5.82 Å². The fraction of sp³-hybridized carbons (Fsp3) is 0.0870. The highest BCUT2D eigenvalue weighted by Gasteiger charge is 2.20. The molecule has 34 heavy (non-hydrogen) atoms. The number of ether oxygens (including phenoxy) is 1. The minimum atomic E-state index is -0.670. The number of anilines is 3. The van der Waals surface area contributed by atoms with Crippen LogP contribution in [0.5, 0.6) is 5.88 Å². The van der Waals surface area contributed by atoms with Gasteiger partial charge in [0.2, 0.25) is 5.88 Å². The van der Waals surface area contributed by atoms with E-state index in [4.69, 9.17) is 51.1 Å². The number of nitrogens with zero attached hydrogens (tertiary/aromatic N) is 2. The lowest BCUT2D eigenvalue weighted by molar-refractivity contribution is -0.130. The largest absolute Gasteiger partial charge is 0.404 e. The van der Waals surface area contributed by atoms with Gasteiger partial charge in [-0.3, -0.25) is 4.79 Å². The number of esters is 1. The van der Waals surface area contributed by atoms with Crippen molar-refractivity contribution in [3.8, 4) is 11.6 Å². The highest BCUT2D eigenvalue weighted by molar-refractivity contribution is 6.40. The molecule has 176 valence electrons. The van der Waals surface area contributed by atoms with Crippen LogP contribution >= 0.6 is 46.4 Å². The van der Waals surface area contributed by atoms with Crippen LogP contribution in [-0.4, -0.2) is 21.7 Å². The first-order valence-electron chi connectivity index (χ1n) is 9.62. The van der Waals surface area contributed by atoms with Gasteiger partial charge in [-0.15, -0.1) is 5.10 Å². The first kappa shape index (κ1) is 25.6. The maximum atomic E-state index is 12.2. The van der Waals surface area contributed by atoms with E-state index < -0.39 is 5.97 Å². The molecule has 1 heterocycles. The molecular weight excluding hydrogens is 522 g/mol. The van der Waals surface area contributed by atoms with E-state index >= 15 is 0 Å². The molecule has 0 aliphatic rings. The third-order valence-electron chi connectivity index (χ3n) is 4.29. The number of hydrogen-bond acceptors (Lipinski definition) is 5. The van der Waals surface area contributed by atoms with Gasteiger partial charge in [-0.1, -0.05) is 59.6 Å². The van der Waals surface area contributed by atoms with Crippen LogP contribution in [0.4, 0.5) is 17.2 Å². The van der Waals surface area contributed by atoms with Crippen molar-refractivity contribution in [2.24, 2.45) is 0 Å². The molecule has 0 bridgehead atoms. The van der Waals surface area contributed by atoms with Gasteiger partial charge in [0.1, 0.15) is 5.69 Å². The summed E-state index contributed by atoms with van der Waals surface area (Å²) in [5.41, 5.74) is 1.69. The van der Waals surface area contributed by atoms with Crippen LogP contribution in [0.3, 0.4) is 0 Å². The van der Waals surface area contributed by atoms with E-state index in [0.29, 0.717) is 27.0 Å². The fourth-order valence-electron chi connectivity index (χ4n) is 2.65. The van der Waals surface area contributed by atoms with E-state index in [2.05, 4.69) is 28.9 Å². The number of amides is 1. The highest BCUT2D eigenvalue weighted by Crippen LogP contribution is 2.36. The van der Waals surface area contributed by atoms with Gasteiger partial charge in [0.05, 0.1) is 20.8 Å². The van der Waals surface area contributed by atoms with Crippen molar-refractivity contribution in [3.05, 3.63) is 80.8 Å². The lowest BCUT2D eigenvalue weighted by Crippen LogP contribution is -2.12. The Hall–Kier alpha value is -2.97. The molecule has 1 aromatic heterocycles. The second-order valence-corrected chi connectivity index (χ2v) is 8.88. The van der Waals surface area contributed by atoms with Crippen molar-refractivity contribution in [3.63, 3.8) is 0 Å². The van der Waals surface area contributed by atoms with E-state index in [0.717, 1.165) is 0 Å². The van der Waals surface area contributed by atoms with Gasteiger partial charge < -0.3 is 15.4 Å². The van der Waals surface area contributed by atoms with E-state index in [1.807, 2.05) is 0 Å². The Morgan fingerprint density at radius 2 is 1.59 bits per heavy atom. The number of rotatable bonds is 7. The summed E-state index contributed by atoms with van der Waals surface area (Å²) < 4.78 is 6.68. The Labute approximate surface area is 215 Å². The second-order valence-electron chi connectivity index (χ2n) is 7.22. The van der Waals surface area contributed by atoms with Crippen LogP contribution in [0.25, 0.3) is 5.69 Å². The number of hydrogen-bond donors (Lipinski definition) is 2. The van der Waals surface area contributed by atoms with Gasteiger partial charge in [-0.05, 0) is 44.2 Å². The van der Waals surface area contributed by atoms with Crippen LogP contribution < -0.4 is 15.4 Å². The zero-order valence-electron chi connectivity index (χ0n) is 18.0. The number of carbonyl (C=O) groups is 2. The molecule has 1 amide bonds. The topological polar surface area (TPSA) is 85.3 Å². The van der Waals surface area contributed by atoms with E-state index in [1.54, 1.807) is 25.1 Å². The Kier molecular flexibility index (Phi) is 7.94. The standard InChI is InChI=1S/C23H18Cl4N4O3/c1-11(2)22(32)28-14-5-6-15(25)18(9-14)29-19-10-20(34-23(33)12(3)4)31(30-19)21-16(26)7-13(24)8-17(21)27/h5-10H,1,3H2,2,4H3,(H,28,32)(H,29,30). The summed E-state index contributed by atoms with van der Waals surface area (Å²) in [5.74, 6) is -0.739. The number of benzene rings is 2. The predicted octanol–water partition coefficient (Wildman–Crippen LogP) is 7.23. The van der Waals surface area contributed by atoms with Crippen LogP contribution in [-0.2, 0) is 9.59 Å². The van der Waals surface area contributed by atoms with Crippen molar-refractivity contribution in [2.45, 2.75) is 13.8 Å². The van der Waals surface area contributed by atoms with E-state index in [1.165, 1.54) is 29.8 Å². The third kappa shape index (κ3) is 5.93. The summed E-state index contributed by atoms with van der Waals surface area (Å²) in [6, 6.07) is 9.27. The maximum Gasteiger partial charge on any atom is 0.339 e. The molecule has 0 radical (unpaired) electrons. The van der Waals surface area contributed by atoms with Crippen molar-refractivity contribution in [1.82, 2.24) is 9.78 Å². The molecule has 3 aromatic rings. The van der Waals surface area contributed by atoms with Gasteiger partial charge in [-0.2, -0.15) is 4.68 Å². The minimum absolute atomic E-state index is 0.0180. The lowest BCUT2D eigenvalue weighted by atomic mass is 10.2. The smallest absolute Gasteiger partial charge is 0.339 e. The Morgan fingerprint density at radius 3 is 2.18 bits per heavy atom. The summed E-state index contributed by atoms with van der Waals surface area (Å²) in [5, 5.41) is 11.2. The zero-order chi connectivity index (χ0) is 25.2. The molecule has 2 aromatic carbocycles. The van der Waals surface area contributed by atoms with Gasteiger partial charge >= 0.3 is 5.97 Å². The normalized spacial score (nSPS) is 10.5. The molecule has 0 spiro atoms. The molecule has 0 saturated heterocycles. The molecule has 0 aliphatic carbocycles. The van der Waals surface area contributed by atoms with Crippen LogP contribution in [0, 0.1) is 0 Å². The molecule has 11 heteroatoms. The van der Waals surface area contributed by atoms with Crippen molar-refractivity contribution < 1.29 is 14.3 Å². The third-order valence-corrected chi connectivity index (χ3v) is 5.41. The minimum Gasteiger partial charge on any atom is -0.404 e. The number of aromatic nitrogens is 2. The van der Waals surface area contributed by atoms with Crippen LogP contribution in [0.15, 0.2) is 60.7 Å². The predicted molar refractivity (Wildman–Crippen MR) is 137 cm³/mol. The molecule has 0 atom stereocenters. The molecule has 2 N–H and O–H groups in total. The Balaban J connectivity index is 2.04. The number of nitrogens with one attached hydrogen (secondary N) is 2. The molecular formula is C23H18Cl4N4O3. The van der Waals surface area contributed by atoms with Crippen LogP contribution in [0.1, 0.15) is 13.8 Å². The summed E-state index contributed by atoms with van der Waals surface area (Å²) >= 11 is 25.0. The van der Waals surface area contributed by atoms with Crippen molar-refractivity contribution in [1.29, 1.82) is 0 Å². The van der Waals surface area contributed by atoms with Crippen molar-refractivity contribution in [2.75, 3.05) is 10.6 Å². The van der Waals surface area contributed by atoms with E-state index in [9.17, 15) is 9.59 Å². The van der Waals surface area contributed by atoms with Crippen LogP contribution in [0.2, 0.25) is 20.1 Å². The molecule has 0 unspecified atom stereocenters. The SMILES string of the molecule is C=C(C)C(=O)Nc1ccc(Cl)c(Nc2cc(OC(=O)C(=C)C)n(-c3c(Cl)cc(Cl)cc3Cl)n2)c1. The first-order chi connectivity index (χ1) is 16.0. The van der Waals surface area contributed by atoms with Gasteiger partial charge in [-0.25, -0.2) is 4.79 Å². The van der Waals surface area contributed by atoms with Gasteiger partial charge in [0.25, 0.3) is 5.91 Å². The lowest BCUT2D eigenvalue weighted by Gasteiger charge is -2.11. The van der Waals surface area contributed by atoms with Crippen molar-refractivity contribution >= 4 is 75.5 Å². The summed E-state index contributed by atoms with van der Waals surface area (Å²) in [6.45, 7) is 10.3. The summed E-state index contributed by atoms with van der Waals surface area (Å²) in [4.78, 5) is 24.2. The molecule has 0 fully saturated rings. The quantitative estimate of drug-likeness (QED) is 0.244. The first-order valence-corrected chi connectivity index (χ1v) is 11.1.